The van der Waals surface area contributed by atoms with Crippen LogP contribution in [0, 0.1) is 5.92 Å². The van der Waals surface area contributed by atoms with Crippen molar-refractivity contribution in [3.63, 3.8) is 0 Å². The van der Waals surface area contributed by atoms with E-state index in [1.165, 1.54) is 5.56 Å². The molecule has 0 unspecified atom stereocenters. The van der Waals surface area contributed by atoms with E-state index in [0.717, 1.165) is 29.8 Å². The first-order valence-electron chi connectivity index (χ1n) is 7.37. The average molecular weight is 281 g/mol. The number of ether oxygens (including phenoxy) is 1. The Morgan fingerprint density at radius 1 is 1.19 bits per heavy atom. The van der Waals surface area contributed by atoms with Crippen molar-refractivity contribution >= 4 is 11.6 Å². The summed E-state index contributed by atoms with van der Waals surface area (Å²) in [4.78, 5) is 12.3. The van der Waals surface area contributed by atoms with Gasteiger partial charge in [-0.2, -0.15) is 0 Å². The van der Waals surface area contributed by atoms with Crippen molar-refractivity contribution in [2.45, 2.75) is 19.8 Å². The molecule has 0 bridgehead atoms. The van der Waals surface area contributed by atoms with Gasteiger partial charge in [0.1, 0.15) is 12.4 Å². The molecule has 2 aromatic carbocycles. The van der Waals surface area contributed by atoms with E-state index in [2.05, 4.69) is 12.2 Å². The Balaban J connectivity index is 1.66. The smallest absolute Gasteiger partial charge is 0.231 e. The predicted octanol–water partition coefficient (Wildman–Crippen LogP) is 3.44. The Morgan fingerprint density at radius 3 is 2.71 bits per heavy atom. The van der Waals surface area contributed by atoms with Crippen LogP contribution in [0.3, 0.4) is 0 Å². The zero-order chi connectivity index (χ0) is 14.7. The van der Waals surface area contributed by atoms with Gasteiger partial charge < -0.3 is 10.1 Å². The number of rotatable bonds is 3. The Labute approximate surface area is 124 Å². The van der Waals surface area contributed by atoms with Crippen molar-refractivity contribution in [2.75, 3.05) is 11.9 Å². The van der Waals surface area contributed by atoms with Gasteiger partial charge >= 0.3 is 0 Å². The summed E-state index contributed by atoms with van der Waals surface area (Å²) in [5, 5.41) is 2.97. The third-order valence-electron chi connectivity index (χ3n) is 3.88. The first-order chi connectivity index (χ1) is 10.3. The van der Waals surface area contributed by atoms with Gasteiger partial charge in [0.2, 0.25) is 5.91 Å². The molecule has 3 rings (SSSR count). The van der Waals surface area contributed by atoms with Crippen LogP contribution in [0.2, 0.25) is 0 Å². The second-order valence-corrected chi connectivity index (χ2v) is 5.36. The number of hydrogen-bond acceptors (Lipinski definition) is 2. The molecule has 0 aromatic heterocycles. The number of amides is 1. The number of benzene rings is 2. The summed E-state index contributed by atoms with van der Waals surface area (Å²) in [6.07, 6.45) is 1.73. The molecule has 0 saturated heterocycles. The molecule has 3 nitrogen and oxygen atoms in total. The van der Waals surface area contributed by atoms with Gasteiger partial charge in [-0.05, 0) is 42.2 Å². The number of hydrogen-bond donors (Lipinski definition) is 1. The molecule has 1 aliphatic rings. The second-order valence-electron chi connectivity index (χ2n) is 5.36. The molecule has 1 heterocycles. The number of carbonyl (C=O) groups is 1. The first-order valence-corrected chi connectivity index (χ1v) is 7.37. The SMILES string of the molecule is CCc1ccc(NC(=O)[C@@H]2COc3ccccc3C2)cc1. The standard InChI is InChI=1S/C18H19NO2/c1-2-13-7-9-16(10-8-13)19-18(20)15-11-14-5-3-4-6-17(14)21-12-15/h3-10,15H,2,11-12H2,1H3,(H,19,20)/t15-/m0/s1. The topological polar surface area (TPSA) is 38.3 Å². The molecule has 3 heteroatoms. The molecule has 21 heavy (non-hydrogen) atoms. The maximum atomic E-state index is 12.3. The molecular formula is C18H19NO2. The molecule has 2 aromatic rings. The van der Waals surface area contributed by atoms with Crippen molar-refractivity contribution in [3.05, 3.63) is 59.7 Å². The molecular weight excluding hydrogens is 262 g/mol. The number of aryl methyl sites for hydroxylation is 1. The van der Waals surface area contributed by atoms with Crippen molar-refractivity contribution in [2.24, 2.45) is 5.92 Å². The lowest BCUT2D eigenvalue weighted by atomic mass is 9.96. The van der Waals surface area contributed by atoms with Crippen LogP contribution in [0.25, 0.3) is 0 Å². The fourth-order valence-corrected chi connectivity index (χ4v) is 2.56. The number of nitrogens with one attached hydrogen (secondary N) is 1. The van der Waals surface area contributed by atoms with Crippen molar-refractivity contribution in [3.8, 4) is 5.75 Å². The predicted molar refractivity (Wildman–Crippen MR) is 83.6 cm³/mol. The normalized spacial score (nSPS) is 16.7. The number of para-hydroxylation sites is 1. The molecule has 1 atom stereocenters. The number of carbonyl (C=O) groups excluding carboxylic acids is 1. The Morgan fingerprint density at radius 2 is 1.95 bits per heavy atom. The quantitative estimate of drug-likeness (QED) is 0.936. The number of anilines is 1. The lowest BCUT2D eigenvalue weighted by Crippen LogP contribution is -2.32. The van der Waals surface area contributed by atoms with E-state index in [1.54, 1.807) is 0 Å². The van der Waals surface area contributed by atoms with Gasteiger partial charge in [-0.3, -0.25) is 4.79 Å². The van der Waals surface area contributed by atoms with Crippen LogP contribution in [-0.2, 0) is 17.6 Å². The van der Waals surface area contributed by atoms with Crippen LogP contribution < -0.4 is 10.1 Å². The third-order valence-corrected chi connectivity index (χ3v) is 3.88. The summed E-state index contributed by atoms with van der Waals surface area (Å²) >= 11 is 0. The molecule has 0 fully saturated rings. The summed E-state index contributed by atoms with van der Waals surface area (Å²) in [7, 11) is 0. The van der Waals surface area contributed by atoms with Gasteiger partial charge in [0.15, 0.2) is 0 Å². The van der Waals surface area contributed by atoms with E-state index in [-0.39, 0.29) is 11.8 Å². The van der Waals surface area contributed by atoms with E-state index in [0.29, 0.717) is 6.61 Å². The van der Waals surface area contributed by atoms with Crippen LogP contribution in [-0.4, -0.2) is 12.5 Å². The fourth-order valence-electron chi connectivity index (χ4n) is 2.56. The molecule has 1 N–H and O–H groups in total. The zero-order valence-corrected chi connectivity index (χ0v) is 12.1. The Hall–Kier alpha value is -2.29. The highest BCUT2D eigenvalue weighted by Crippen LogP contribution is 2.27. The molecule has 0 radical (unpaired) electrons. The minimum Gasteiger partial charge on any atom is -0.492 e. The molecule has 108 valence electrons. The van der Waals surface area contributed by atoms with Crippen LogP contribution in [0.15, 0.2) is 48.5 Å². The molecule has 1 amide bonds. The highest BCUT2D eigenvalue weighted by molar-refractivity contribution is 5.93. The van der Waals surface area contributed by atoms with Crippen LogP contribution in [0.1, 0.15) is 18.1 Å². The van der Waals surface area contributed by atoms with E-state index >= 15 is 0 Å². The maximum absolute atomic E-state index is 12.3. The fraction of sp³-hybridized carbons (Fsp3) is 0.278. The van der Waals surface area contributed by atoms with Crippen LogP contribution in [0.5, 0.6) is 5.75 Å². The summed E-state index contributed by atoms with van der Waals surface area (Å²) in [6.45, 7) is 2.56. The molecule has 0 aliphatic carbocycles. The number of fused-ring (bicyclic) bond motifs is 1. The van der Waals surface area contributed by atoms with E-state index in [4.69, 9.17) is 4.74 Å². The van der Waals surface area contributed by atoms with Gasteiger partial charge in [-0.25, -0.2) is 0 Å². The van der Waals surface area contributed by atoms with Gasteiger partial charge in [0.25, 0.3) is 0 Å². The van der Waals surface area contributed by atoms with Crippen molar-refractivity contribution in [1.29, 1.82) is 0 Å². The van der Waals surface area contributed by atoms with Crippen LogP contribution >= 0.6 is 0 Å². The van der Waals surface area contributed by atoms with E-state index in [1.807, 2.05) is 48.5 Å². The molecule has 0 spiro atoms. The third kappa shape index (κ3) is 3.07. The molecule has 1 aliphatic heterocycles. The summed E-state index contributed by atoms with van der Waals surface area (Å²) in [5.74, 6) is 0.786. The minimum atomic E-state index is -0.134. The molecule has 0 saturated carbocycles. The zero-order valence-electron chi connectivity index (χ0n) is 12.1. The summed E-state index contributed by atoms with van der Waals surface area (Å²) in [6, 6.07) is 15.9. The summed E-state index contributed by atoms with van der Waals surface area (Å²) in [5.41, 5.74) is 3.21. The average Bonchev–Trinajstić information content (AvgIpc) is 2.55. The minimum absolute atomic E-state index is 0.0220. The highest BCUT2D eigenvalue weighted by atomic mass is 16.5. The van der Waals surface area contributed by atoms with E-state index in [9.17, 15) is 4.79 Å². The van der Waals surface area contributed by atoms with Gasteiger partial charge in [-0.15, -0.1) is 0 Å². The highest BCUT2D eigenvalue weighted by Gasteiger charge is 2.25. The lowest BCUT2D eigenvalue weighted by molar-refractivity contribution is -0.121. The van der Waals surface area contributed by atoms with Crippen molar-refractivity contribution < 1.29 is 9.53 Å². The van der Waals surface area contributed by atoms with Gasteiger partial charge in [-0.1, -0.05) is 37.3 Å². The first kappa shape index (κ1) is 13.7. The second kappa shape index (κ2) is 6.00. The van der Waals surface area contributed by atoms with Gasteiger partial charge in [0, 0.05) is 5.69 Å². The van der Waals surface area contributed by atoms with Crippen LogP contribution in [0.4, 0.5) is 5.69 Å². The largest absolute Gasteiger partial charge is 0.492 e. The Kier molecular flexibility index (Phi) is 3.91. The van der Waals surface area contributed by atoms with E-state index < -0.39 is 0 Å². The lowest BCUT2D eigenvalue weighted by Gasteiger charge is -2.24. The van der Waals surface area contributed by atoms with Gasteiger partial charge in [0.05, 0.1) is 5.92 Å². The maximum Gasteiger partial charge on any atom is 0.231 e. The van der Waals surface area contributed by atoms with Crippen molar-refractivity contribution in [1.82, 2.24) is 0 Å². The summed E-state index contributed by atoms with van der Waals surface area (Å²) < 4.78 is 5.67. The Bertz CT molecular complexity index is 634. The monoisotopic (exact) mass is 281 g/mol.